The predicted molar refractivity (Wildman–Crippen MR) is 93.9 cm³/mol. The zero-order chi connectivity index (χ0) is 18.4. The van der Waals surface area contributed by atoms with Crippen molar-refractivity contribution in [3.05, 3.63) is 47.1 Å². The van der Waals surface area contributed by atoms with Crippen LogP contribution in [0.3, 0.4) is 0 Å². The highest BCUT2D eigenvalue weighted by Gasteiger charge is 2.22. The van der Waals surface area contributed by atoms with Gasteiger partial charge in [-0.05, 0) is 24.3 Å². The molecule has 2 aromatic heterocycles. The molecule has 3 rings (SSSR count). The molecule has 0 aliphatic carbocycles. The number of pyridine rings is 1. The van der Waals surface area contributed by atoms with E-state index < -0.39 is 0 Å². The molecular formula is C18H21ClN2O5. The van der Waals surface area contributed by atoms with Crippen molar-refractivity contribution in [3.63, 3.8) is 0 Å². The molecule has 1 fully saturated rings. The van der Waals surface area contributed by atoms with Gasteiger partial charge in [-0.3, -0.25) is 9.69 Å². The number of nitrogens with zero attached hydrogens (tertiary/aromatic N) is 2. The quantitative estimate of drug-likeness (QED) is 0.540. The number of furan rings is 1. The highest BCUT2D eigenvalue weighted by Crippen LogP contribution is 2.21. The van der Waals surface area contributed by atoms with E-state index in [4.69, 9.17) is 30.2 Å². The van der Waals surface area contributed by atoms with Gasteiger partial charge in [0.1, 0.15) is 30.8 Å². The van der Waals surface area contributed by atoms with Crippen LogP contribution in [0.1, 0.15) is 18.4 Å². The van der Waals surface area contributed by atoms with Crippen molar-refractivity contribution in [1.29, 1.82) is 0 Å². The number of rotatable bonds is 7. The summed E-state index contributed by atoms with van der Waals surface area (Å²) in [6.45, 7) is 4.74. The molecule has 0 bridgehead atoms. The Morgan fingerprint density at radius 3 is 3.04 bits per heavy atom. The standard InChI is InChI=1S/C18H21ClN2O5/c1-13(22)24-11-15-5-4-14(26-15)9-21-7-8-23-16(10-21)12-25-17-3-2-6-20-18(17)19/h2-6,16H,7-12H2,1H3. The Kier molecular flexibility index (Phi) is 6.49. The maximum absolute atomic E-state index is 10.9. The molecule has 1 atom stereocenters. The Bertz CT molecular complexity index is 736. The number of carbonyl (C=O) groups excluding carboxylic acids is 1. The van der Waals surface area contributed by atoms with Crippen LogP contribution in [0.4, 0.5) is 0 Å². The SMILES string of the molecule is CC(=O)OCc1ccc(CN2CCOC(COc3cccnc3Cl)C2)o1. The lowest BCUT2D eigenvalue weighted by Crippen LogP contribution is -2.44. The minimum Gasteiger partial charge on any atom is -0.488 e. The van der Waals surface area contributed by atoms with Crippen LogP contribution in [0.15, 0.2) is 34.9 Å². The van der Waals surface area contributed by atoms with Gasteiger partial charge < -0.3 is 18.6 Å². The number of hydrogen-bond donors (Lipinski definition) is 0. The first kappa shape index (κ1) is 18.7. The smallest absolute Gasteiger partial charge is 0.303 e. The zero-order valence-corrected chi connectivity index (χ0v) is 15.3. The van der Waals surface area contributed by atoms with E-state index in [1.165, 1.54) is 6.92 Å². The summed E-state index contributed by atoms with van der Waals surface area (Å²) in [5, 5.41) is 0.344. The van der Waals surface area contributed by atoms with E-state index in [1.54, 1.807) is 18.3 Å². The number of halogens is 1. The van der Waals surface area contributed by atoms with Crippen LogP contribution in [0.2, 0.25) is 5.15 Å². The first-order chi connectivity index (χ1) is 12.6. The van der Waals surface area contributed by atoms with Crippen molar-refractivity contribution in [2.24, 2.45) is 0 Å². The van der Waals surface area contributed by atoms with Crippen molar-refractivity contribution >= 4 is 17.6 Å². The molecule has 0 aromatic carbocycles. The van der Waals surface area contributed by atoms with Gasteiger partial charge in [-0.1, -0.05) is 11.6 Å². The number of esters is 1. The summed E-state index contributed by atoms with van der Waals surface area (Å²) in [6.07, 6.45) is 1.56. The van der Waals surface area contributed by atoms with E-state index in [9.17, 15) is 4.79 Å². The van der Waals surface area contributed by atoms with E-state index in [0.29, 0.717) is 36.4 Å². The number of carbonyl (C=O) groups is 1. The van der Waals surface area contributed by atoms with E-state index in [-0.39, 0.29) is 18.7 Å². The van der Waals surface area contributed by atoms with Crippen LogP contribution in [0.25, 0.3) is 0 Å². The fourth-order valence-electron chi connectivity index (χ4n) is 2.66. The van der Waals surface area contributed by atoms with Gasteiger partial charge >= 0.3 is 5.97 Å². The molecule has 7 nitrogen and oxygen atoms in total. The maximum Gasteiger partial charge on any atom is 0.303 e. The molecule has 0 radical (unpaired) electrons. The third-order valence-corrected chi connectivity index (χ3v) is 4.17. The minimum atomic E-state index is -0.326. The highest BCUT2D eigenvalue weighted by molar-refractivity contribution is 6.30. The van der Waals surface area contributed by atoms with E-state index in [0.717, 1.165) is 18.8 Å². The van der Waals surface area contributed by atoms with Gasteiger partial charge in [-0.25, -0.2) is 4.98 Å². The van der Waals surface area contributed by atoms with Gasteiger partial charge in [0.25, 0.3) is 0 Å². The molecule has 0 N–H and O–H groups in total. The van der Waals surface area contributed by atoms with Crippen LogP contribution >= 0.6 is 11.6 Å². The fraction of sp³-hybridized carbons (Fsp3) is 0.444. The third-order valence-electron chi connectivity index (χ3n) is 3.89. The predicted octanol–water partition coefficient (Wildman–Crippen LogP) is 2.67. The monoisotopic (exact) mass is 380 g/mol. The van der Waals surface area contributed by atoms with Crippen molar-refractivity contribution in [2.45, 2.75) is 26.2 Å². The summed E-state index contributed by atoms with van der Waals surface area (Å²) >= 11 is 5.99. The molecule has 0 saturated carbocycles. The average Bonchev–Trinajstić information content (AvgIpc) is 3.07. The maximum atomic E-state index is 10.9. The lowest BCUT2D eigenvalue weighted by molar-refractivity contribution is -0.142. The van der Waals surface area contributed by atoms with Crippen LogP contribution in [0.5, 0.6) is 5.75 Å². The fourth-order valence-corrected chi connectivity index (χ4v) is 2.84. The van der Waals surface area contributed by atoms with Gasteiger partial charge in [0.15, 0.2) is 10.9 Å². The zero-order valence-electron chi connectivity index (χ0n) is 14.5. The first-order valence-electron chi connectivity index (χ1n) is 8.38. The Balaban J connectivity index is 1.47. The van der Waals surface area contributed by atoms with Crippen molar-refractivity contribution in [2.75, 3.05) is 26.3 Å². The molecule has 2 aromatic rings. The van der Waals surface area contributed by atoms with Gasteiger partial charge in [-0.15, -0.1) is 0 Å². The molecule has 8 heteroatoms. The molecule has 1 unspecified atom stereocenters. The van der Waals surface area contributed by atoms with Gasteiger partial charge in [0, 0.05) is 26.2 Å². The van der Waals surface area contributed by atoms with Crippen LogP contribution in [0, 0.1) is 0 Å². The Morgan fingerprint density at radius 2 is 2.23 bits per heavy atom. The molecule has 3 heterocycles. The lowest BCUT2D eigenvalue weighted by atomic mass is 10.2. The van der Waals surface area contributed by atoms with Crippen molar-refractivity contribution in [1.82, 2.24) is 9.88 Å². The second-order valence-electron chi connectivity index (χ2n) is 5.98. The first-order valence-corrected chi connectivity index (χ1v) is 8.76. The molecule has 26 heavy (non-hydrogen) atoms. The van der Waals surface area contributed by atoms with Gasteiger partial charge in [-0.2, -0.15) is 0 Å². The van der Waals surface area contributed by atoms with Crippen LogP contribution < -0.4 is 4.74 Å². The summed E-state index contributed by atoms with van der Waals surface area (Å²) in [5.74, 6) is 1.68. The van der Waals surface area contributed by atoms with Crippen molar-refractivity contribution in [3.8, 4) is 5.75 Å². The lowest BCUT2D eigenvalue weighted by Gasteiger charge is -2.32. The summed E-state index contributed by atoms with van der Waals surface area (Å²) in [4.78, 5) is 17.1. The molecular weight excluding hydrogens is 360 g/mol. The van der Waals surface area contributed by atoms with E-state index in [1.807, 2.05) is 12.1 Å². The molecule has 1 saturated heterocycles. The number of aromatic nitrogens is 1. The largest absolute Gasteiger partial charge is 0.488 e. The third kappa shape index (κ3) is 5.45. The second-order valence-corrected chi connectivity index (χ2v) is 6.34. The van der Waals surface area contributed by atoms with E-state index in [2.05, 4.69) is 9.88 Å². The number of hydrogen-bond acceptors (Lipinski definition) is 7. The Hall–Kier alpha value is -2.09. The number of morpholine rings is 1. The van der Waals surface area contributed by atoms with Crippen LogP contribution in [-0.4, -0.2) is 48.3 Å². The average molecular weight is 381 g/mol. The van der Waals surface area contributed by atoms with E-state index >= 15 is 0 Å². The normalized spacial score (nSPS) is 17.8. The minimum absolute atomic E-state index is 0.0597. The molecule has 0 amide bonds. The molecule has 140 valence electrons. The summed E-state index contributed by atoms with van der Waals surface area (Å²) in [6, 6.07) is 7.28. The second kappa shape index (κ2) is 9.02. The summed E-state index contributed by atoms with van der Waals surface area (Å²) in [5.41, 5.74) is 0. The van der Waals surface area contributed by atoms with Crippen LogP contribution in [-0.2, 0) is 27.4 Å². The molecule has 1 aliphatic heterocycles. The summed E-state index contributed by atoms with van der Waals surface area (Å²) in [7, 11) is 0. The highest BCUT2D eigenvalue weighted by atomic mass is 35.5. The molecule has 1 aliphatic rings. The Morgan fingerprint density at radius 1 is 1.38 bits per heavy atom. The topological polar surface area (TPSA) is 74.0 Å². The Labute approximate surface area is 156 Å². The number of ether oxygens (including phenoxy) is 3. The summed E-state index contributed by atoms with van der Waals surface area (Å²) < 4.78 is 22.1. The van der Waals surface area contributed by atoms with Crippen molar-refractivity contribution < 1.29 is 23.4 Å². The van der Waals surface area contributed by atoms with Gasteiger partial charge in [0.05, 0.1) is 13.2 Å². The molecule has 0 spiro atoms. The van der Waals surface area contributed by atoms with Gasteiger partial charge in [0.2, 0.25) is 0 Å².